The van der Waals surface area contributed by atoms with E-state index in [1.807, 2.05) is 0 Å². The molecule has 0 aromatic carbocycles. The largest absolute Gasteiger partial charge is 0.405 e. The third kappa shape index (κ3) is 10.5. The first kappa shape index (κ1) is 20.7. The number of carbonyl (C=O) groups excluding carboxylic acids is 2. The standard InChI is InChI=1S/C15H27F3N2O2/c1-4-5-6-7-8-9-14(2,3)13(22)19-10-12(21)20-11-15(16,17)18/h4-11H2,1-3H3,(H,19,22)(H,20,21). The summed E-state index contributed by atoms with van der Waals surface area (Å²) in [6.45, 7) is 3.85. The summed E-state index contributed by atoms with van der Waals surface area (Å²) in [7, 11) is 0. The molecule has 0 unspecified atom stereocenters. The Hall–Kier alpha value is -1.27. The zero-order valence-electron chi connectivity index (χ0n) is 13.6. The summed E-state index contributed by atoms with van der Waals surface area (Å²) in [5.74, 6) is -1.16. The number of carbonyl (C=O) groups is 2. The molecule has 0 saturated heterocycles. The fourth-order valence-corrected chi connectivity index (χ4v) is 1.95. The fraction of sp³-hybridized carbons (Fsp3) is 0.867. The van der Waals surface area contributed by atoms with Crippen LogP contribution >= 0.6 is 0 Å². The van der Waals surface area contributed by atoms with Crippen molar-refractivity contribution >= 4 is 11.8 Å². The van der Waals surface area contributed by atoms with Gasteiger partial charge in [0, 0.05) is 5.41 Å². The van der Waals surface area contributed by atoms with E-state index >= 15 is 0 Å². The summed E-state index contributed by atoms with van der Waals surface area (Å²) in [5, 5.41) is 4.11. The molecule has 0 rings (SSSR count). The molecule has 22 heavy (non-hydrogen) atoms. The smallest absolute Gasteiger partial charge is 0.347 e. The number of alkyl halides is 3. The Labute approximate surface area is 130 Å². The minimum absolute atomic E-state index is 0.315. The van der Waals surface area contributed by atoms with Gasteiger partial charge in [-0.05, 0) is 6.42 Å². The molecule has 4 nitrogen and oxygen atoms in total. The zero-order chi connectivity index (χ0) is 17.2. The van der Waals surface area contributed by atoms with Gasteiger partial charge in [0.15, 0.2) is 0 Å². The zero-order valence-corrected chi connectivity index (χ0v) is 13.6. The molecule has 0 saturated carbocycles. The van der Waals surface area contributed by atoms with Gasteiger partial charge in [0.25, 0.3) is 0 Å². The van der Waals surface area contributed by atoms with Crippen LogP contribution in [-0.4, -0.2) is 31.1 Å². The highest BCUT2D eigenvalue weighted by molar-refractivity contribution is 5.87. The number of amides is 2. The monoisotopic (exact) mass is 324 g/mol. The Morgan fingerprint density at radius 3 is 2.09 bits per heavy atom. The molecule has 0 aliphatic heterocycles. The van der Waals surface area contributed by atoms with E-state index in [9.17, 15) is 22.8 Å². The summed E-state index contributed by atoms with van der Waals surface area (Å²) in [4.78, 5) is 23.2. The van der Waals surface area contributed by atoms with E-state index in [-0.39, 0.29) is 5.91 Å². The average molecular weight is 324 g/mol. The highest BCUT2D eigenvalue weighted by atomic mass is 19.4. The molecule has 0 fully saturated rings. The van der Waals surface area contributed by atoms with Crippen molar-refractivity contribution in [1.82, 2.24) is 10.6 Å². The van der Waals surface area contributed by atoms with Crippen molar-refractivity contribution in [3.05, 3.63) is 0 Å². The molecular weight excluding hydrogens is 297 g/mol. The first-order valence-corrected chi connectivity index (χ1v) is 7.70. The van der Waals surface area contributed by atoms with Crippen LogP contribution < -0.4 is 10.6 Å². The van der Waals surface area contributed by atoms with Crippen LogP contribution in [0.3, 0.4) is 0 Å². The molecule has 0 aliphatic carbocycles. The van der Waals surface area contributed by atoms with Crippen molar-refractivity contribution in [3.8, 4) is 0 Å². The van der Waals surface area contributed by atoms with Crippen molar-refractivity contribution in [2.75, 3.05) is 13.1 Å². The summed E-state index contributed by atoms with van der Waals surface area (Å²) in [6, 6.07) is 0. The lowest BCUT2D eigenvalue weighted by Gasteiger charge is -2.23. The number of hydrogen-bond acceptors (Lipinski definition) is 2. The van der Waals surface area contributed by atoms with Crippen LogP contribution in [0.4, 0.5) is 13.2 Å². The van der Waals surface area contributed by atoms with Crippen LogP contribution in [0.1, 0.15) is 59.3 Å². The molecule has 130 valence electrons. The van der Waals surface area contributed by atoms with Crippen molar-refractivity contribution in [3.63, 3.8) is 0 Å². The number of rotatable bonds is 10. The molecule has 0 bridgehead atoms. The van der Waals surface area contributed by atoms with Gasteiger partial charge < -0.3 is 10.6 Å². The quantitative estimate of drug-likeness (QED) is 0.606. The van der Waals surface area contributed by atoms with E-state index in [2.05, 4.69) is 12.2 Å². The third-order valence-corrected chi connectivity index (χ3v) is 3.42. The Morgan fingerprint density at radius 1 is 0.955 bits per heavy atom. The normalized spacial score (nSPS) is 12.1. The number of nitrogens with one attached hydrogen (secondary N) is 2. The highest BCUT2D eigenvalue weighted by Gasteiger charge is 2.29. The molecule has 0 aromatic rings. The predicted octanol–water partition coefficient (Wildman–Crippen LogP) is 3.17. The van der Waals surface area contributed by atoms with Gasteiger partial charge in [-0.3, -0.25) is 9.59 Å². The van der Waals surface area contributed by atoms with Gasteiger partial charge in [0.05, 0.1) is 6.54 Å². The van der Waals surface area contributed by atoms with Crippen LogP contribution in [0, 0.1) is 5.41 Å². The maximum absolute atomic E-state index is 12.0. The van der Waals surface area contributed by atoms with Crippen molar-refractivity contribution in [1.29, 1.82) is 0 Å². The van der Waals surface area contributed by atoms with E-state index in [0.717, 1.165) is 25.7 Å². The van der Waals surface area contributed by atoms with Gasteiger partial charge in [-0.1, -0.05) is 52.9 Å². The SMILES string of the molecule is CCCCCCCC(C)(C)C(=O)NCC(=O)NCC(F)(F)F. The second-order valence-corrected chi connectivity index (χ2v) is 6.12. The van der Waals surface area contributed by atoms with Crippen LogP contribution in [0.2, 0.25) is 0 Å². The minimum Gasteiger partial charge on any atom is -0.347 e. The molecule has 0 heterocycles. The molecule has 2 amide bonds. The van der Waals surface area contributed by atoms with E-state index in [0.29, 0.717) is 6.42 Å². The lowest BCUT2D eigenvalue weighted by Crippen LogP contribution is -2.44. The van der Waals surface area contributed by atoms with Crippen molar-refractivity contribution in [2.45, 2.75) is 65.5 Å². The lowest BCUT2D eigenvalue weighted by atomic mass is 9.85. The van der Waals surface area contributed by atoms with Gasteiger partial charge >= 0.3 is 6.18 Å². The molecule has 2 N–H and O–H groups in total. The summed E-state index contributed by atoms with van der Waals surface area (Å²) in [6.07, 6.45) is 1.67. The van der Waals surface area contributed by atoms with Crippen LogP contribution in [0.15, 0.2) is 0 Å². The van der Waals surface area contributed by atoms with Gasteiger partial charge in [-0.25, -0.2) is 0 Å². The Balaban J connectivity index is 3.99. The lowest BCUT2D eigenvalue weighted by molar-refractivity contribution is -0.139. The molecule has 0 radical (unpaired) electrons. The average Bonchev–Trinajstić information content (AvgIpc) is 2.41. The maximum Gasteiger partial charge on any atom is 0.405 e. The second-order valence-electron chi connectivity index (χ2n) is 6.12. The van der Waals surface area contributed by atoms with Crippen LogP contribution in [-0.2, 0) is 9.59 Å². The number of hydrogen-bond donors (Lipinski definition) is 2. The summed E-state index contributed by atoms with van der Waals surface area (Å²) < 4.78 is 35.8. The van der Waals surface area contributed by atoms with E-state index < -0.39 is 30.6 Å². The first-order valence-electron chi connectivity index (χ1n) is 7.70. The third-order valence-electron chi connectivity index (χ3n) is 3.42. The number of unbranched alkanes of at least 4 members (excludes halogenated alkanes) is 4. The molecular formula is C15H27F3N2O2. The van der Waals surface area contributed by atoms with Gasteiger partial charge in [-0.2, -0.15) is 13.2 Å². The van der Waals surface area contributed by atoms with Crippen molar-refractivity contribution in [2.24, 2.45) is 5.41 Å². The topological polar surface area (TPSA) is 58.2 Å². The van der Waals surface area contributed by atoms with Crippen LogP contribution in [0.25, 0.3) is 0 Å². The second kappa shape index (κ2) is 9.69. The molecule has 0 atom stereocenters. The van der Waals surface area contributed by atoms with E-state index in [1.54, 1.807) is 19.2 Å². The van der Waals surface area contributed by atoms with Crippen molar-refractivity contribution < 1.29 is 22.8 Å². The number of halogens is 3. The first-order chi connectivity index (χ1) is 10.1. The maximum atomic E-state index is 12.0. The summed E-state index contributed by atoms with van der Waals surface area (Å²) >= 11 is 0. The Kier molecular flexibility index (Phi) is 9.13. The summed E-state index contributed by atoms with van der Waals surface area (Å²) in [5.41, 5.74) is -0.628. The molecule has 0 aromatic heterocycles. The fourth-order valence-electron chi connectivity index (χ4n) is 1.95. The van der Waals surface area contributed by atoms with E-state index in [4.69, 9.17) is 0 Å². The minimum atomic E-state index is -4.45. The Morgan fingerprint density at radius 2 is 1.55 bits per heavy atom. The highest BCUT2D eigenvalue weighted by Crippen LogP contribution is 2.24. The Bertz CT molecular complexity index is 355. The van der Waals surface area contributed by atoms with Gasteiger partial charge in [0.1, 0.15) is 6.54 Å². The van der Waals surface area contributed by atoms with Crippen LogP contribution in [0.5, 0.6) is 0 Å². The van der Waals surface area contributed by atoms with E-state index in [1.165, 1.54) is 6.42 Å². The predicted molar refractivity (Wildman–Crippen MR) is 79.2 cm³/mol. The molecule has 7 heteroatoms. The van der Waals surface area contributed by atoms with Gasteiger partial charge in [-0.15, -0.1) is 0 Å². The van der Waals surface area contributed by atoms with Gasteiger partial charge in [0.2, 0.25) is 11.8 Å². The molecule has 0 aliphatic rings. The molecule has 0 spiro atoms.